The molecule has 0 saturated heterocycles. The molecular weight excluding hydrogens is 252 g/mol. The van der Waals surface area contributed by atoms with Crippen molar-refractivity contribution in [3.8, 4) is 5.75 Å². The summed E-state index contributed by atoms with van der Waals surface area (Å²) in [7, 11) is 0. The van der Waals surface area contributed by atoms with Crippen molar-refractivity contribution in [3.05, 3.63) is 41.7 Å². The van der Waals surface area contributed by atoms with Crippen LogP contribution in [0.25, 0.3) is 0 Å². The predicted molar refractivity (Wildman–Crippen MR) is 78.6 cm³/mol. The molecule has 0 amide bonds. The van der Waals surface area contributed by atoms with Gasteiger partial charge in [-0.15, -0.1) is 5.10 Å². The van der Waals surface area contributed by atoms with Gasteiger partial charge in [0.1, 0.15) is 12.4 Å². The Balaban J connectivity index is 1.97. The van der Waals surface area contributed by atoms with Crippen LogP contribution in [-0.4, -0.2) is 21.6 Å². The van der Waals surface area contributed by atoms with Crippen LogP contribution in [0.3, 0.4) is 0 Å². The molecule has 0 atom stereocenters. The average molecular weight is 274 g/mol. The quantitative estimate of drug-likeness (QED) is 0.907. The zero-order valence-electron chi connectivity index (χ0n) is 12.3. The van der Waals surface area contributed by atoms with E-state index in [4.69, 9.17) is 10.5 Å². The van der Waals surface area contributed by atoms with E-state index in [0.29, 0.717) is 19.7 Å². The van der Waals surface area contributed by atoms with E-state index in [2.05, 4.69) is 37.1 Å². The molecule has 1 aromatic heterocycles. The van der Waals surface area contributed by atoms with Crippen molar-refractivity contribution < 1.29 is 4.74 Å². The summed E-state index contributed by atoms with van der Waals surface area (Å²) in [5.41, 5.74) is 7.57. The van der Waals surface area contributed by atoms with Crippen molar-refractivity contribution in [2.75, 3.05) is 6.61 Å². The monoisotopic (exact) mass is 274 g/mol. The molecule has 5 nitrogen and oxygen atoms in total. The first kappa shape index (κ1) is 14.5. The van der Waals surface area contributed by atoms with E-state index in [-0.39, 0.29) is 5.41 Å². The van der Waals surface area contributed by atoms with E-state index < -0.39 is 0 Å². The average Bonchev–Trinajstić information content (AvgIpc) is 2.86. The van der Waals surface area contributed by atoms with Gasteiger partial charge in [0, 0.05) is 12.7 Å². The van der Waals surface area contributed by atoms with Gasteiger partial charge in [0.2, 0.25) is 0 Å². The number of aromatic nitrogens is 3. The van der Waals surface area contributed by atoms with E-state index in [9.17, 15) is 0 Å². The molecule has 5 heteroatoms. The third-order valence-corrected chi connectivity index (χ3v) is 3.07. The Morgan fingerprint density at radius 2 is 2.00 bits per heavy atom. The second-order valence-corrected chi connectivity index (χ2v) is 5.77. The Bertz CT molecular complexity index is 557. The maximum atomic E-state index is 5.89. The summed E-state index contributed by atoms with van der Waals surface area (Å²) in [6, 6.07) is 8.15. The van der Waals surface area contributed by atoms with Crippen LogP contribution < -0.4 is 10.5 Å². The Labute approximate surface area is 119 Å². The molecular formula is C15H22N4O. The predicted octanol–water partition coefficient (Wildman–Crippen LogP) is 2.11. The SMILES string of the molecule is CC(C)(C)c1ccccc1OCCn1cc(CN)nn1. The van der Waals surface area contributed by atoms with Gasteiger partial charge in [0.25, 0.3) is 0 Å². The molecule has 0 fully saturated rings. The molecule has 2 aromatic rings. The summed E-state index contributed by atoms with van der Waals surface area (Å²) in [5, 5.41) is 7.95. The van der Waals surface area contributed by atoms with Gasteiger partial charge in [-0.3, -0.25) is 0 Å². The van der Waals surface area contributed by atoms with Gasteiger partial charge in [-0.1, -0.05) is 44.2 Å². The highest BCUT2D eigenvalue weighted by molar-refractivity contribution is 5.38. The van der Waals surface area contributed by atoms with Gasteiger partial charge >= 0.3 is 0 Å². The van der Waals surface area contributed by atoms with Crippen LogP contribution >= 0.6 is 0 Å². The normalized spacial score (nSPS) is 11.6. The molecule has 0 radical (unpaired) electrons. The van der Waals surface area contributed by atoms with Crippen LogP contribution in [0, 0.1) is 0 Å². The third kappa shape index (κ3) is 3.57. The fourth-order valence-electron chi connectivity index (χ4n) is 2.00. The van der Waals surface area contributed by atoms with Crippen LogP contribution in [0.2, 0.25) is 0 Å². The molecule has 0 bridgehead atoms. The number of hydrogen-bond donors (Lipinski definition) is 1. The summed E-state index contributed by atoms with van der Waals surface area (Å²) in [5.74, 6) is 0.930. The first-order valence-corrected chi connectivity index (χ1v) is 6.82. The maximum absolute atomic E-state index is 5.89. The number of rotatable bonds is 5. The molecule has 108 valence electrons. The zero-order valence-corrected chi connectivity index (χ0v) is 12.3. The highest BCUT2D eigenvalue weighted by Gasteiger charge is 2.18. The molecule has 20 heavy (non-hydrogen) atoms. The molecule has 1 aromatic carbocycles. The molecule has 0 aliphatic carbocycles. The molecule has 0 aliphatic heterocycles. The minimum absolute atomic E-state index is 0.0660. The summed E-state index contributed by atoms with van der Waals surface area (Å²) >= 11 is 0. The van der Waals surface area contributed by atoms with Crippen molar-refractivity contribution in [1.29, 1.82) is 0 Å². The largest absolute Gasteiger partial charge is 0.491 e. The molecule has 0 saturated carbocycles. The van der Waals surface area contributed by atoms with Gasteiger partial charge in [-0.25, -0.2) is 4.68 Å². The fraction of sp³-hybridized carbons (Fsp3) is 0.467. The smallest absolute Gasteiger partial charge is 0.123 e. The molecule has 1 heterocycles. The zero-order chi connectivity index (χ0) is 14.6. The van der Waals surface area contributed by atoms with Crippen LogP contribution in [0.1, 0.15) is 32.0 Å². The second kappa shape index (κ2) is 6.05. The first-order chi connectivity index (χ1) is 9.50. The number of para-hydroxylation sites is 1. The third-order valence-electron chi connectivity index (χ3n) is 3.07. The minimum atomic E-state index is 0.0660. The molecule has 2 N–H and O–H groups in total. The lowest BCUT2D eigenvalue weighted by Gasteiger charge is -2.22. The minimum Gasteiger partial charge on any atom is -0.491 e. The summed E-state index contributed by atoms with van der Waals surface area (Å²) in [4.78, 5) is 0. The Hall–Kier alpha value is -1.88. The van der Waals surface area contributed by atoms with Crippen molar-refractivity contribution in [3.63, 3.8) is 0 Å². The number of hydrogen-bond acceptors (Lipinski definition) is 4. The van der Waals surface area contributed by atoms with Gasteiger partial charge in [0.05, 0.1) is 12.2 Å². The molecule has 0 aliphatic rings. The van der Waals surface area contributed by atoms with Crippen molar-refractivity contribution in [2.45, 2.75) is 39.3 Å². The molecule has 2 rings (SSSR count). The van der Waals surface area contributed by atoms with Crippen LogP contribution in [-0.2, 0) is 18.5 Å². The number of nitrogens with zero attached hydrogens (tertiary/aromatic N) is 3. The van der Waals surface area contributed by atoms with E-state index in [1.807, 2.05) is 24.4 Å². The van der Waals surface area contributed by atoms with Crippen molar-refractivity contribution in [2.24, 2.45) is 5.73 Å². The highest BCUT2D eigenvalue weighted by Crippen LogP contribution is 2.30. The van der Waals surface area contributed by atoms with Crippen molar-refractivity contribution in [1.82, 2.24) is 15.0 Å². The van der Waals surface area contributed by atoms with Gasteiger partial charge in [-0.05, 0) is 17.0 Å². The summed E-state index contributed by atoms with van der Waals surface area (Å²) in [6.45, 7) is 8.17. The maximum Gasteiger partial charge on any atom is 0.123 e. The standard InChI is InChI=1S/C15H22N4O/c1-15(2,3)13-6-4-5-7-14(13)20-9-8-19-11-12(10-16)17-18-19/h4-7,11H,8-10,16H2,1-3H3. The van der Waals surface area contributed by atoms with Crippen LogP contribution in [0.5, 0.6) is 5.75 Å². The number of nitrogens with two attached hydrogens (primary N) is 1. The van der Waals surface area contributed by atoms with E-state index in [1.165, 1.54) is 5.56 Å². The van der Waals surface area contributed by atoms with Crippen LogP contribution in [0.4, 0.5) is 0 Å². The topological polar surface area (TPSA) is 66.0 Å². The van der Waals surface area contributed by atoms with E-state index >= 15 is 0 Å². The lowest BCUT2D eigenvalue weighted by Crippen LogP contribution is -2.15. The Morgan fingerprint density at radius 3 is 2.65 bits per heavy atom. The number of benzene rings is 1. The lowest BCUT2D eigenvalue weighted by atomic mass is 9.86. The number of ether oxygens (including phenoxy) is 1. The molecule has 0 spiro atoms. The Kier molecular flexibility index (Phi) is 4.39. The second-order valence-electron chi connectivity index (χ2n) is 5.77. The highest BCUT2D eigenvalue weighted by atomic mass is 16.5. The molecule has 0 unspecified atom stereocenters. The van der Waals surface area contributed by atoms with Crippen molar-refractivity contribution >= 4 is 0 Å². The Morgan fingerprint density at radius 1 is 1.25 bits per heavy atom. The van der Waals surface area contributed by atoms with E-state index in [1.54, 1.807) is 4.68 Å². The lowest BCUT2D eigenvalue weighted by molar-refractivity contribution is 0.283. The van der Waals surface area contributed by atoms with E-state index in [0.717, 1.165) is 11.4 Å². The van der Waals surface area contributed by atoms with Gasteiger partial charge < -0.3 is 10.5 Å². The summed E-state index contributed by atoms with van der Waals surface area (Å²) < 4.78 is 7.64. The summed E-state index contributed by atoms with van der Waals surface area (Å²) in [6.07, 6.45) is 1.85. The fourth-order valence-corrected chi connectivity index (χ4v) is 2.00. The van der Waals surface area contributed by atoms with Crippen LogP contribution in [0.15, 0.2) is 30.5 Å². The van der Waals surface area contributed by atoms with Gasteiger partial charge in [0.15, 0.2) is 0 Å². The first-order valence-electron chi connectivity index (χ1n) is 6.82. The van der Waals surface area contributed by atoms with Gasteiger partial charge in [-0.2, -0.15) is 0 Å².